The first-order chi connectivity index (χ1) is 17.8. The molecule has 37 heavy (non-hydrogen) atoms. The number of hydrogen-bond acceptors (Lipinski definition) is 8. The zero-order valence-electron chi connectivity index (χ0n) is 20.6. The number of hydrogen-bond donors (Lipinski definition) is 1. The molecular weight excluding hydrogens is 492 g/mol. The van der Waals surface area contributed by atoms with Crippen LogP contribution in [0.15, 0.2) is 72.8 Å². The minimum Gasteiger partial charge on any atom is -0.507 e. The van der Waals surface area contributed by atoms with E-state index in [9.17, 15) is 19.5 Å². The molecule has 0 spiro atoms. The largest absolute Gasteiger partial charge is 0.507 e. The van der Waals surface area contributed by atoms with E-state index >= 15 is 0 Å². The van der Waals surface area contributed by atoms with E-state index in [1.54, 1.807) is 37.3 Å². The van der Waals surface area contributed by atoms with E-state index < -0.39 is 29.6 Å². The van der Waals surface area contributed by atoms with Crippen LogP contribution in [0.3, 0.4) is 0 Å². The normalized spacial score (nSPS) is 17.5. The van der Waals surface area contributed by atoms with Gasteiger partial charge < -0.3 is 14.6 Å². The highest BCUT2D eigenvalue weighted by Crippen LogP contribution is 2.41. The molecular formula is C28H26N2O6S. The predicted molar refractivity (Wildman–Crippen MR) is 141 cm³/mol. The summed E-state index contributed by atoms with van der Waals surface area (Å²) >= 11 is 0.969. The molecule has 190 valence electrons. The van der Waals surface area contributed by atoms with Gasteiger partial charge in [0.05, 0.1) is 24.4 Å². The molecule has 2 unspecified atom stereocenters. The summed E-state index contributed by atoms with van der Waals surface area (Å²) in [4.78, 5) is 44.9. The Morgan fingerprint density at radius 3 is 2.49 bits per heavy atom. The van der Waals surface area contributed by atoms with Crippen molar-refractivity contribution in [2.24, 2.45) is 0 Å². The lowest BCUT2D eigenvalue weighted by Gasteiger charge is -2.28. The number of benzene rings is 2. The smallest absolute Gasteiger partial charge is 0.350 e. The average molecular weight is 519 g/mol. The Bertz CT molecular complexity index is 1380. The molecule has 0 aliphatic carbocycles. The molecule has 0 radical (unpaired) electrons. The number of aliphatic hydroxyl groups is 1. The van der Waals surface area contributed by atoms with Crippen molar-refractivity contribution in [1.82, 2.24) is 4.98 Å². The number of rotatable bonds is 8. The zero-order chi connectivity index (χ0) is 26.7. The second-order valence-corrected chi connectivity index (χ2v) is 9.41. The Labute approximate surface area is 218 Å². The third-order valence-electron chi connectivity index (χ3n) is 6.14. The van der Waals surface area contributed by atoms with Crippen molar-refractivity contribution in [2.75, 3.05) is 18.6 Å². The summed E-state index contributed by atoms with van der Waals surface area (Å²) in [6.45, 7) is 7.45. The van der Waals surface area contributed by atoms with Crippen LogP contribution in [0.1, 0.15) is 39.3 Å². The van der Waals surface area contributed by atoms with Gasteiger partial charge in [0.1, 0.15) is 23.0 Å². The molecule has 1 aliphatic heterocycles. The van der Waals surface area contributed by atoms with E-state index in [0.717, 1.165) is 16.9 Å². The first-order valence-corrected chi connectivity index (χ1v) is 12.4. The van der Waals surface area contributed by atoms with Crippen molar-refractivity contribution in [3.05, 3.63) is 94.5 Å². The average Bonchev–Trinajstić information content (AvgIpc) is 3.43. The van der Waals surface area contributed by atoms with Crippen LogP contribution in [-0.4, -0.2) is 47.5 Å². The van der Waals surface area contributed by atoms with Gasteiger partial charge in [0, 0.05) is 11.5 Å². The number of Topliss-reactive ketones (excluding diaryl/α,β-unsaturated/α-hetero) is 1. The standard InChI is InChI=1S/C28H26N2O6S/c1-5-15-36-20-13-11-19(12-14-20)23(31)21-22(16(2)18-9-7-6-8-10-18)30(26(33)24(21)32)28-29-17(3)25(37-28)27(34)35-4/h5-14,16,22,31H,1,15H2,2-4H3/b23-21+. The van der Waals surface area contributed by atoms with Crippen LogP contribution in [0.4, 0.5) is 5.13 Å². The minimum absolute atomic E-state index is 0.0337. The number of methoxy groups -OCH3 is 1. The second-order valence-electron chi connectivity index (χ2n) is 8.44. The van der Waals surface area contributed by atoms with Gasteiger partial charge in [0.2, 0.25) is 0 Å². The molecule has 2 aromatic carbocycles. The van der Waals surface area contributed by atoms with Gasteiger partial charge in [-0.2, -0.15) is 0 Å². The van der Waals surface area contributed by atoms with Gasteiger partial charge in [-0.3, -0.25) is 14.5 Å². The highest BCUT2D eigenvalue weighted by molar-refractivity contribution is 7.17. The van der Waals surface area contributed by atoms with Gasteiger partial charge >= 0.3 is 11.9 Å². The van der Waals surface area contributed by atoms with Crippen LogP contribution in [0.2, 0.25) is 0 Å². The van der Waals surface area contributed by atoms with Gasteiger partial charge in [-0.1, -0.05) is 61.2 Å². The Kier molecular flexibility index (Phi) is 7.54. The van der Waals surface area contributed by atoms with Crippen molar-refractivity contribution in [2.45, 2.75) is 25.8 Å². The Balaban J connectivity index is 1.85. The molecule has 4 rings (SSSR count). The molecule has 8 nitrogen and oxygen atoms in total. The fourth-order valence-electron chi connectivity index (χ4n) is 4.27. The number of thiazole rings is 1. The van der Waals surface area contributed by atoms with Crippen molar-refractivity contribution in [3.8, 4) is 5.75 Å². The molecule has 0 saturated carbocycles. The molecule has 1 aromatic heterocycles. The molecule has 9 heteroatoms. The monoisotopic (exact) mass is 518 g/mol. The summed E-state index contributed by atoms with van der Waals surface area (Å²) in [6.07, 6.45) is 1.62. The van der Waals surface area contributed by atoms with Gasteiger partial charge in [-0.15, -0.1) is 0 Å². The molecule has 2 heterocycles. The van der Waals surface area contributed by atoms with Crippen molar-refractivity contribution < 1.29 is 29.0 Å². The van der Waals surface area contributed by atoms with Crippen LogP contribution in [0.5, 0.6) is 5.75 Å². The van der Waals surface area contributed by atoms with Gasteiger partial charge in [-0.05, 0) is 36.8 Å². The van der Waals surface area contributed by atoms with E-state index in [1.807, 2.05) is 37.3 Å². The first kappa shape index (κ1) is 25.8. The number of amides is 1. The SMILES string of the molecule is C=CCOc1ccc(/C(O)=C2\C(=O)C(=O)N(c3nc(C)c(C(=O)OC)s3)C2C(C)c2ccccc2)cc1. The summed E-state index contributed by atoms with van der Waals surface area (Å²) < 4.78 is 10.3. The van der Waals surface area contributed by atoms with Crippen LogP contribution in [0, 0.1) is 6.92 Å². The lowest BCUT2D eigenvalue weighted by molar-refractivity contribution is -0.132. The highest BCUT2D eigenvalue weighted by atomic mass is 32.1. The molecule has 1 saturated heterocycles. The van der Waals surface area contributed by atoms with E-state index in [0.29, 0.717) is 23.6 Å². The van der Waals surface area contributed by atoms with E-state index in [-0.39, 0.29) is 21.3 Å². The topological polar surface area (TPSA) is 106 Å². The number of aliphatic hydroxyl groups excluding tert-OH is 1. The molecule has 3 aromatic rings. The summed E-state index contributed by atoms with van der Waals surface area (Å²) in [5, 5.41) is 11.5. The summed E-state index contributed by atoms with van der Waals surface area (Å²) in [7, 11) is 1.26. The first-order valence-electron chi connectivity index (χ1n) is 11.5. The van der Waals surface area contributed by atoms with E-state index in [1.165, 1.54) is 12.0 Å². The number of ketones is 1. The van der Waals surface area contributed by atoms with E-state index in [4.69, 9.17) is 9.47 Å². The number of carbonyl (C=O) groups excluding carboxylic acids is 3. The van der Waals surface area contributed by atoms with Gasteiger partial charge in [-0.25, -0.2) is 9.78 Å². The second kappa shape index (κ2) is 10.8. The zero-order valence-corrected chi connectivity index (χ0v) is 21.5. The third kappa shape index (κ3) is 4.90. The number of aryl methyl sites for hydroxylation is 1. The van der Waals surface area contributed by atoms with Crippen molar-refractivity contribution in [1.29, 1.82) is 0 Å². The number of carbonyl (C=O) groups is 3. The maximum absolute atomic E-state index is 13.4. The van der Waals surface area contributed by atoms with Crippen LogP contribution in [-0.2, 0) is 14.3 Å². The lowest BCUT2D eigenvalue weighted by atomic mass is 9.87. The number of esters is 1. The molecule has 0 bridgehead atoms. The number of ether oxygens (including phenoxy) is 2. The number of nitrogens with zero attached hydrogens (tertiary/aromatic N) is 2. The quantitative estimate of drug-likeness (QED) is 0.149. The Morgan fingerprint density at radius 2 is 1.86 bits per heavy atom. The van der Waals surface area contributed by atoms with Crippen LogP contribution < -0.4 is 9.64 Å². The molecule has 1 aliphatic rings. The fourth-order valence-corrected chi connectivity index (χ4v) is 5.29. The van der Waals surface area contributed by atoms with Gasteiger partial charge in [0.25, 0.3) is 5.78 Å². The summed E-state index contributed by atoms with van der Waals surface area (Å²) in [5.74, 6) is -2.36. The van der Waals surface area contributed by atoms with Gasteiger partial charge in [0.15, 0.2) is 5.13 Å². The Morgan fingerprint density at radius 1 is 1.19 bits per heavy atom. The maximum atomic E-state index is 13.4. The predicted octanol–water partition coefficient (Wildman–Crippen LogP) is 4.86. The Hall–Kier alpha value is -4.24. The lowest BCUT2D eigenvalue weighted by Crippen LogP contribution is -2.37. The maximum Gasteiger partial charge on any atom is 0.350 e. The summed E-state index contributed by atoms with van der Waals surface area (Å²) in [5.41, 5.74) is 1.57. The number of anilines is 1. The third-order valence-corrected chi connectivity index (χ3v) is 7.28. The summed E-state index contributed by atoms with van der Waals surface area (Å²) in [6, 6.07) is 15.1. The van der Waals surface area contributed by atoms with Crippen LogP contribution in [0.25, 0.3) is 5.76 Å². The molecule has 1 fully saturated rings. The van der Waals surface area contributed by atoms with Crippen LogP contribution >= 0.6 is 11.3 Å². The molecule has 2 atom stereocenters. The minimum atomic E-state index is -0.866. The highest BCUT2D eigenvalue weighted by Gasteiger charge is 2.50. The fraction of sp³-hybridized carbons (Fsp3) is 0.214. The van der Waals surface area contributed by atoms with Crippen molar-refractivity contribution >= 4 is 39.9 Å². The number of aromatic nitrogens is 1. The molecule has 1 amide bonds. The molecule has 1 N–H and O–H groups in total. The van der Waals surface area contributed by atoms with E-state index in [2.05, 4.69) is 11.6 Å². The van der Waals surface area contributed by atoms with Crippen molar-refractivity contribution in [3.63, 3.8) is 0 Å².